The van der Waals surface area contributed by atoms with Gasteiger partial charge in [-0.1, -0.05) is 25.3 Å². The molecule has 1 aliphatic carbocycles. The molecule has 1 N–H and O–H groups in total. The Bertz CT molecular complexity index is 907. The van der Waals surface area contributed by atoms with Gasteiger partial charge in [-0.25, -0.2) is 8.42 Å². The van der Waals surface area contributed by atoms with Gasteiger partial charge in [0.2, 0.25) is 15.9 Å². The van der Waals surface area contributed by atoms with Gasteiger partial charge in [0.05, 0.1) is 12.5 Å². The number of sulfonamides is 1. The summed E-state index contributed by atoms with van der Waals surface area (Å²) in [5.41, 5.74) is -0.257. The molecule has 2 fully saturated rings. The van der Waals surface area contributed by atoms with Crippen molar-refractivity contribution in [3.8, 4) is 0 Å². The van der Waals surface area contributed by atoms with Crippen molar-refractivity contribution in [3.05, 3.63) is 46.9 Å². The summed E-state index contributed by atoms with van der Waals surface area (Å²) in [6, 6.07) is 7.16. The van der Waals surface area contributed by atoms with E-state index in [4.69, 9.17) is 0 Å². The van der Waals surface area contributed by atoms with E-state index in [2.05, 4.69) is 10.3 Å². The molecule has 2 aromatic rings. The Balaban J connectivity index is 1.56. The Morgan fingerprint density at radius 3 is 2.75 bits per heavy atom. The van der Waals surface area contributed by atoms with Crippen molar-refractivity contribution in [2.24, 2.45) is 11.3 Å². The summed E-state index contributed by atoms with van der Waals surface area (Å²) in [6.07, 6.45) is 8.01. The van der Waals surface area contributed by atoms with Gasteiger partial charge >= 0.3 is 0 Å². The third-order valence-corrected chi connectivity index (χ3v) is 8.74. The van der Waals surface area contributed by atoms with Gasteiger partial charge in [-0.3, -0.25) is 9.78 Å². The first-order valence-corrected chi connectivity index (χ1v) is 12.0. The van der Waals surface area contributed by atoms with Gasteiger partial charge in [0.15, 0.2) is 0 Å². The van der Waals surface area contributed by atoms with Gasteiger partial charge in [0.1, 0.15) is 4.90 Å². The molecule has 1 amide bonds. The maximum atomic E-state index is 13.1. The summed E-state index contributed by atoms with van der Waals surface area (Å²) in [5, 5.41) is 5.04. The Labute approximate surface area is 170 Å². The molecule has 1 unspecified atom stereocenters. The molecule has 1 saturated heterocycles. The lowest BCUT2D eigenvalue weighted by atomic mass is 9.67. The number of nitrogens with zero attached hydrogens (tertiary/aromatic N) is 2. The molecule has 1 spiro atoms. The van der Waals surface area contributed by atoms with Crippen molar-refractivity contribution in [1.82, 2.24) is 14.6 Å². The molecule has 0 radical (unpaired) electrons. The standard InChI is InChI=1S/C20H25N3O3S2/c24-19(22-12-16-6-5-11-27-16)18-14-23(15-20(18)8-2-1-3-9-20)28(25,26)17-7-4-10-21-13-17/h4-7,10-11,13,18H,1-3,8-9,12,14-15H2,(H,22,24). The number of carbonyl (C=O) groups excluding carboxylic acids is 1. The minimum atomic E-state index is -3.65. The number of thiophene rings is 1. The quantitative estimate of drug-likeness (QED) is 0.808. The first-order chi connectivity index (χ1) is 13.5. The predicted octanol–water partition coefficient (Wildman–Crippen LogP) is 3.03. The molecule has 6 nitrogen and oxygen atoms in total. The molecule has 0 bridgehead atoms. The largest absolute Gasteiger partial charge is 0.351 e. The summed E-state index contributed by atoms with van der Waals surface area (Å²) in [7, 11) is -3.65. The van der Waals surface area contributed by atoms with Crippen LogP contribution >= 0.6 is 11.3 Å². The number of pyridine rings is 1. The molecular formula is C20H25N3O3S2. The normalized spacial score (nSPS) is 22.4. The van der Waals surface area contributed by atoms with Crippen molar-refractivity contribution in [1.29, 1.82) is 0 Å². The lowest BCUT2D eigenvalue weighted by molar-refractivity contribution is -0.128. The van der Waals surface area contributed by atoms with Gasteiger partial charge < -0.3 is 5.32 Å². The molecule has 2 aliphatic rings. The number of hydrogen-bond acceptors (Lipinski definition) is 5. The second-order valence-corrected chi connectivity index (χ2v) is 10.7. The van der Waals surface area contributed by atoms with Crippen LogP contribution in [0.5, 0.6) is 0 Å². The molecule has 0 aromatic carbocycles. The molecule has 2 aromatic heterocycles. The van der Waals surface area contributed by atoms with Crippen LogP contribution < -0.4 is 5.32 Å². The summed E-state index contributed by atoms with van der Waals surface area (Å²) < 4.78 is 27.8. The fourth-order valence-electron chi connectivity index (χ4n) is 4.59. The Morgan fingerprint density at radius 2 is 2.07 bits per heavy atom. The number of aromatic nitrogens is 1. The van der Waals surface area contributed by atoms with Gasteiger partial charge in [0, 0.05) is 30.4 Å². The van der Waals surface area contributed by atoms with Crippen LogP contribution in [0.25, 0.3) is 0 Å². The smallest absolute Gasteiger partial charge is 0.244 e. The van der Waals surface area contributed by atoms with Gasteiger partial charge in [-0.2, -0.15) is 4.31 Å². The minimum Gasteiger partial charge on any atom is -0.351 e. The van der Waals surface area contributed by atoms with Crippen LogP contribution in [0, 0.1) is 11.3 Å². The number of rotatable bonds is 5. The average molecular weight is 420 g/mol. The van der Waals surface area contributed by atoms with E-state index < -0.39 is 10.0 Å². The lowest BCUT2D eigenvalue weighted by Crippen LogP contribution is -2.42. The maximum absolute atomic E-state index is 13.1. The van der Waals surface area contributed by atoms with Crippen molar-refractivity contribution in [2.45, 2.75) is 43.5 Å². The second-order valence-electron chi connectivity index (χ2n) is 7.76. The van der Waals surface area contributed by atoms with Gasteiger partial charge in [-0.15, -0.1) is 11.3 Å². The zero-order valence-electron chi connectivity index (χ0n) is 15.7. The number of amides is 1. The molecule has 28 heavy (non-hydrogen) atoms. The number of hydrogen-bond donors (Lipinski definition) is 1. The van der Waals surface area contributed by atoms with E-state index in [1.165, 1.54) is 10.5 Å². The number of nitrogens with one attached hydrogen (secondary N) is 1. The fraction of sp³-hybridized carbons (Fsp3) is 0.500. The van der Waals surface area contributed by atoms with Crippen LogP contribution in [0.3, 0.4) is 0 Å². The molecular weight excluding hydrogens is 394 g/mol. The average Bonchev–Trinajstić information content (AvgIpc) is 3.36. The lowest BCUT2D eigenvalue weighted by Gasteiger charge is -2.37. The van der Waals surface area contributed by atoms with E-state index >= 15 is 0 Å². The second kappa shape index (κ2) is 7.93. The van der Waals surface area contributed by atoms with Gasteiger partial charge in [-0.05, 0) is 41.8 Å². The SMILES string of the molecule is O=C(NCc1cccs1)C1CN(S(=O)(=O)c2cccnc2)CC12CCCCC2. The Hall–Kier alpha value is -1.77. The van der Waals surface area contributed by atoms with Crippen molar-refractivity contribution in [2.75, 3.05) is 13.1 Å². The molecule has 4 rings (SSSR count). The van der Waals surface area contributed by atoms with E-state index in [9.17, 15) is 13.2 Å². The van der Waals surface area contributed by atoms with Crippen LogP contribution in [0.1, 0.15) is 37.0 Å². The van der Waals surface area contributed by atoms with E-state index in [1.807, 2.05) is 17.5 Å². The topological polar surface area (TPSA) is 79.4 Å². The molecule has 3 heterocycles. The van der Waals surface area contributed by atoms with Crippen LogP contribution in [0.2, 0.25) is 0 Å². The summed E-state index contributed by atoms with van der Waals surface area (Å²) in [6.45, 7) is 1.16. The van der Waals surface area contributed by atoms with Gasteiger partial charge in [0.25, 0.3) is 0 Å². The fourth-order valence-corrected chi connectivity index (χ4v) is 6.75. The van der Waals surface area contributed by atoms with Crippen molar-refractivity contribution in [3.63, 3.8) is 0 Å². The molecule has 1 saturated carbocycles. The van der Waals surface area contributed by atoms with Crippen LogP contribution in [-0.2, 0) is 21.4 Å². The van der Waals surface area contributed by atoms with E-state index in [-0.39, 0.29) is 28.7 Å². The first-order valence-electron chi connectivity index (χ1n) is 9.72. The monoisotopic (exact) mass is 419 g/mol. The minimum absolute atomic E-state index is 0.0285. The Morgan fingerprint density at radius 1 is 1.25 bits per heavy atom. The zero-order chi connectivity index (χ0) is 19.6. The van der Waals surface area contributed by atoms with Crippen LogP contribution in [0.4, 0.5) is 0 Å². The summed E-state index contributed by atoms with van der Waals surface area (Å²) in [4.78, 5) is 18.3. The highest BCUT2D eigenvalue weighted by molar-refractivity contribution is 7.89. The Kier molecular flexibility index (Phi) is 5.53. The highest BCUT2D eigenvalue weighted by Crippen LogP contribution is 2.48. The number of carbonyl (C=O) groups is 1. The summed E-state index contributed by atoms with van der Waals surface area (Å²) in [5.74, 6) is -0.335. The van der Waals surface area contributed by atoms with Crippen LogP contribution in [0.15, 0.2) is 46.9 Å². The zero-order valence-corrected chi connectivity index (χ0v) is 17.3. The van der Waals surface area contributed by atoms with E-state index in [0.717, 1.165) is 37.0 Å². The highest BCUT2D eigenvalue weighted by atomic mass is 32.2. The third-order valence-electron chi connectivity index (χ3n) is 6.07. The summed E-state index contributed by atoms with van der Waals surface area (Å²) >= 11 is 1.61. The highest BCUT2D eigenvalue weighted by Gasteiger charge is 2.53. The molecule has 1 atom stereocenters. The molecule has 1 aliphatic heterocycles. The molecule has 150 valence electrons. The van der Waals surface area contributed by atoms with E-state index in [0.29, 0.717) is 13.1 Å². The third kappa shape index (κ3) is 3.73. The predicted molar refractivity (Wildman–Crippen MR) is 108 cm³/mol. The van der Waals surface area contributed by atoms with E-state index in [1.54, 1.807) is 29.7 Å². The molecule has 8 heteroatoms. The van der Waals surface area contributed by atoms with Crippen molar-refractivity contribution < 1.29 is 13.2 Å². The van der Waals surface area contributed by atoms with Crippen LogP contribution in [-0.4, -0.2) is 36.7 Å². The van der Waals surface area contributed by atoms with Crippen molar-refractivity contribution >= 4 is 27.3 Å². The maximum Gasteiger partial charge on any atom is 0.244 e. The first kappa shape index (κ1) is 19.5.